The summed E-state index contributed by atoms with van der Waals surface area (Å²) in [5.41, 5.74) is 0.608. The van der Waals surface area contributed by atoms with E-state index in [2.05, 4.69) is 0 Å². The lowest BCUT2D eigenvalue weighted by atomic mass is 10.2. The molecule has 1 aromatic carbocycles. The number of rotatable bonds is 3. The lowest BCUT2D eigenvalue weighted by Gasteiger charge is -2.01. The number of nitrogens with zero attached hydrogens (tertiary/aromatic N) is 1. The molecular formula is C12H7NO2S. The molecule has 78 valence electrons. The minimum Gasteiger partial charge on any atom is -0.447 e. The highest BCUT2D eigenvalue weighted by Gasteiger charge is 2.01. The van der Waals surface area contributed by atoms with Crippen LogP contribution in [0.25, 0.3) is 0 Å². The Morgan fingerprint density at radius 1 is 1.19 bits per heavy atom. The first-order chi connectivity index (χ1) is 7.81. The van der Waals surface area contributed by atoms with Gasteiger partial charge in [-0.05, 0) is 36.4 Å². The molecule has 1 aromatic heterocycles. The van der Waals surface area contributed by atoms with Gasteiger partial charge in [0.05, 0.1) is 0 Å². The Hall–Kier alpha value is -2.12. The number of hydrogen-bond donors (Lipinski definition) is 0. The quantitative estimate of drug-likeness (QED) is 0.759. The zero-order valence-corrected chi connectivity index (χ0v) is 9.03. The van der Waals surface area contributed by atoms with E-state index in [1.807, 2.05) is 6.07 Å². The number of aldehydes is 1. The molecule has 0 aliphatic rings. The molecule has 1 heterocycles. The van der Waals surface area contributed by atoms with Crippen LogP contribution in [0.15, 0.2) is 36.4 Å². The Bertz CT molecular complexity index is 537. The molecule has 0 saturated heterocycles. The molecule has 0 aliphatic heterocycles. The number of hydrogen-bond acceptors (Lipinski definition) is 4. The van der Waals surface area contributed by atoms with Crippen molar-refractivity contribution in [2.24, 2.45) is 0 Å². The summed E-state index contributed by atoms with van der Waals surface area (Å²) < 4.78 is 5.51. The van der Waals surface area contributed by atoms with Gasteiger partial charge in [-0.25, -0.2) is 0 Å². The van der Waals surface area contributed by atoms with Gasteiger partial charge in [-0.1, -0.05) is 11.3 Å². The maximum absolute atomic E-state index is 10.4. The van der Waals surface area contributed by atoms with Crippen LogP contribution in [-0.4, -0.2) is 6.29 Å². The number of nitriles is 1. The van der Waals surface area contributed by atoms with Gasteiger partial charge in [0, 0.05) is 5.56 Å². The van der Waals surface area contributed by atoms with Gasteiger partial charge in [0.1, 0.15) is 23.0 Å². The van der Waals surface area contributed by atoms with Crippen molar-refractivity contribution in [3.05, 3.63) is 46.8 Å². The van der Waals surface area contributed by atoms with Gasteiger partial charge in [0.15, 0.2) is 5.06 Å². The van der Waals surface area contributed by atoms with E-state index >= 15 is 0 Å². The fourth-order valence-corrected chi connectivity index (χ4v) is 1.84. The van der Waals surface area contributed by atoms with E-state index in [0.717, 1.165) is 6.29 Å². The lowest BCUT2D eigenvalue weighted by Crippen LogP contribution is -1.82. The second kappa shape index (κ2) is 4.60. The summed E-state index contributed by atoms with van der Waals surface area (Å²) in [5, 5.41) is 9.31. The molecule has 0 spiro atoms. The number of carbonyl (C=O) groups excluding carboxylic acids is 1. The van der Waals surface area contributed by atoms with Crippen LogP contribution in [0.5, 0.6) is 10.8 Å². The first kappa shape index (κ1) is 10.4. The highest BCUT2D eigenvalue weighted by molar-refractivity contribution is 7.14. The maximum atomic E-state index is 10.4. The molecule has 0 amide bonds. The second-order valence-electron chi connectivity index (χ2n) is 3.02. The third-order valence-electron chi connectivity index (χ3n) is 1.93. The molecular weight excluding hydrogens is 222 g/mol. The van der Waals surface area contributed by atoms with Crippen molar-refractivity contribution in [2.75, 3.05) is 0 Å². The van der Waals surface area contributed by atoms with Gasteiger partial charge in [-0.15, -0.1) is 0 Å². The van der Waals surface area contributed by atoms with Crippen LogP contribution in [0, 0.1) is 11.3 Å². The zero-order chi connectivity index (χ0) is 11.4. The molecule has 0 fully saturated rings. The van der Waals surface area contributed by atoms with Crippen molar-refractivity contribution in [3.63, 3.8) is 0 Å². The minimum absolute atomic E-state index is 0.608. The van der Waals surface area contributed by atoms with Gasteiger partial charge in [0.25, 0.3) is 0 Å². The first-order valence-electron chi connectivity index (χ1n) is 4.55. The highest BCUT2D eigenvalue weighted by atomic mass is 32.1. The first-order valence-corrected chi connectivity index (χ1v) is 5.36. The summed E-state index contributed by atoms with van der Waals surface area (Å²) in [7, 11) is 0. The van der Waals surface area contributed by atoms with Crippen LogP contribution in [0.3, 0.4) is 0 Å². The Labute approximate surface area is 96.5 Å². The van der Waals surface area contributed by atoms with Crippen LogP contribution in [0.4, 0.5) is 0 Å². The van der Waals surface area contributed by atoms with Crippen molar-refractivity contribution in [3.8, 4) is 16.9 Å². The Morgan fingerprint density at radius 3 is 2.50 bits per heavy atom. The Balaban J connectivity index is 2.14. The van der Waals surface area contributed by atoms with Gasteiger partial charge in [-0.3, -0.25) is 4.79 Å². The predicted molar refractivity (Wildman–Crippen MR) is 60.9 cm³/mol. The van der Waals surface area contributed by atoms with E-state index in [0.29, 0.717) is 21.3 Å². The van der Waals surface area contributed by atoms with E-state index in [4.69, 9.17) is 10.00 Å². The average molecular weight is 229 g/mol. The Kier molecular flexibility index (Phi) is 2.99. The van der Waals surface area contributed by atoms with Gasteiger partial charge in [0.2, 0.25) is 0 Å². The van der Waals surface area contributed by atoms with Crippen LogP contribution in [0.1, 0.15) is 15.2 Å². The SMILES string of the molecule is N#Cc1ccc(Oc2ccc(C=O)cc2)s1. The molecule has 0 saturated carbocycles. The number of thiophene rings is 1. The molecule has 2 aromatic rings. The fourth-order valence-electron chi connectivity index (χ4n) is 1.17. The molecule has 0 unspecified atom stereocenters. The van der Waals surface area contributed by atoms with Crippen molar-refractivity contribution in [1.29, 1.82) is 5.26 Å². The fraction of sp³-hybridized carbons (Fsp3) is 0. The lowest BCUT2D eigenvalue weighted by molar-refractivity contribution is 0.112. The van der Waals surface area contributed by atoms with E-state index in [9.17, 15) is 4.79 Å². The molecule has 0 aliphatic carbocycles. The van der Waals surface area contributed by atoms with Crippen molar-refractivity contribution < 1.29 is 9.53 Å². The number of carbonyl (C=O) groups is 1. The van der Waals surface area contributed by atoms with Crippen LogP contribution >= 0.6 is 11.3 Å². The van der Waals surface area contributed by atoms with Crippen molar-refractivity contribution in [1.82, 2.24) is 0 Å². The topological polar surface area (TPSA) is 50.1 Å². The summed E-state index contributed by atoms with van der Waals surface area (Å²) in [5.74, 6) is 0.650. The number of benzene rings is 1. The van der Waals surface area contributed by atoms with E-state index in [1.165, 1.54) is 11.3 Å². The summed E-state index contributed by atoms with van der Waals surface area (Å²) in [6.45, 7) is 0. The summed E-state index contributed by atoms with van der Waals surface area (Å²) in [6.07, 6.45) is 0.780. The molecule has 4 heteroatoms. The smallest absolute Gasteiger partial charge is 0.182 e. The normalized spacial score (nSPS) is 9.44. The van der Waals surface area contributed by atoms with Crippen LogP contribution in [-0.2, 0) is 0 Å². The monoisotopic (exact) mass is 229 g/mol. The minimum atomic E-state index is 0.608. The maximum Gasteiger partial charge on any atom is 0.182 e. The third-order valence-corrected chi connectivity index (χ3v) is 2.79. The van der Waals surface area contributed by atoms with Gasteiger partial charge < -0.3 is 4.74 Å². The molecule has 3 nitrogen and oxygen atoms in total. The van der Waals surface area contributed by atoms with E-state index in [-0.39, 0.29) is 0 Å². The van der Waals surface area contributed by atoms with Crippen LogP contribution in [0.2, 0.25) is 0 Å². The van der Waals surface area contributed by atoms with Crippen molar-refractivity contribution in [2.45, 2.75) is 0 Å². The van der Waals surface area contributed by atoms with Gasteiger partial charge in [-0.2, -0.15) is 5.26 Å². The van der Waals surface area contributed by atoms with Gasteiger partial charge >= 0.3 is 0 Å². The zero-order valence-electron chi connectivity index (χ0n) is 8.21. The molecule has 0 N–H and O–H groups in total. The summed E-state index contributed by atoms with van der Waals surface area (Å²) >= 11 is 1.28. The van der Waals surface area contributed by atoms with E-state index < -0.39 is 0 Å². The summed E-state index contributed by atoms with van der Waals surface area (Å²) in [6, 6.07) is 12.3. The van der Waals surface area contributed by atoms with E-state index in [1.54, 1.807) is 36.4 Å². The molecule has 0 atom stereocenters. The number of ether oxygens (including phenoxy) is 1. The average Bonchev–Trinajstić information content (AvgIpc) is 2.78. The third kappa shape index (κ3) is 2.27. The highest BCUT2D eigenvalue weighted by Crippen LogP contribution is 2.28. The Morgan fingerprint density at radius 2 is 1.94 bits per heavy atom. The standard InChI is InChI=1S/C12H7NO2S/c13-7-11-5-6-12(16-11)15-10-3-1-9(8-14)2-4-10/h1-6,8H. The molecule has 16 heavy (non-hydrogen) atoms. The van der Waals surface area contributed by atoms with Crippen LogP contribution < -0.4 is 4.74 Å². The predicted octanol–water partition coefficient (Wildman–Crippen LogP) is 3.22. The molecule has 0 bridgehead atoms. The molecule has 0 radical (unpaired) electrons. The van der Waals surface area contributed by atoms with Crippen molar-refractivity contribution >= 4 is 17.6 Å². The molecule has 2 rings (SSSR count). The largest absolute Gasteiger partial charge is 0.447 e. The summed E-state index contributed by atoms with van der Waals surface area (Å²) in [4.78, 5) is 11.1. The second-order valence-corrected chi connectivity index (χ2v) is 4.07.